The number of aromatic nitrogens is 2. The Morgan fingerprint density at radius 1 is 1.10 bits per heavy atom. The van der Waals surface area contributed by atoms with E-state index in [-0.39, 0.29) is 0 Å². The second-order valence-corrected chi connectivity index (χ2v) is 4.81. The number of anilines is 2. The van der Waals surface area contributed by atoms with E-state index in [0.717, 1.165) is 30.2 Å². The van der Waals surface area contributed by atoms with E-state index in [1.807, 2.05) is 57.5 Å². The Hall–Kier alpha value is -2.14. The van der Waals surface area contributed by atoms with Crippen molar-refractivity contribution in [2.75, 3.05) is 44.9 Å². The molecule has 0 saturated carbocycles. The number of benzene rings is 1. The molecule has 0 fully saturated rings. The second-order valence-electron chi connectivity index (χ2n) is 4.81. The summed E-state index contributed by atoms with van der Waals surface area (Å²) in [5, 5.41) is 6.33. The number of nitrogens with zero attached hydrogens (tertiary/aromatic N) is 3. The molecular formula is C15H21N5. The Balaban J connectivity index is 2.20. The zero-order valence-electron chi connectivity index (χ0n) is 12.2. The summed E-state index contributed by atoms with van der Waals surface area (Å²) >= 11 is 0. The van der Waals surface area contributed by atoms with Crippen molar-refractivity contribution in [2.45, 2.75) is 0 Å². The first-order valence-corrected chi connectivity index (χ1v) is 6.70. The van der Waals surface area contributed by atoms with Crippen LogP contribution in [0.3, 0.4) is 0 Å². The predicted molar refractivity (Wildman–Crippen MR) is 84.1 cm³/mol. The van der Waals surface area contributed by atoms with Crippen molar-refractivity contribution in [1.29, 1.82) is 0 Å². The summed E-state index contributed by atoms with van der Waals surface area (Å²) in [4.78, 5) is 11.1. The molecule has 1 aromatic heterocycles. The molecule has 0 amide bonds. The third-order valence-corrected chi connectivity index (χ3v) is 2.89. The van der Waals surface area contributed by atoms with E-state index in [1.54, 1.807) is 0 Å². The Labute approximate surface area is 120 Å². The molecule has 0 radical (unpaired) electrons. The van der Waals surface area contributed by atoms with Gasteiger partial charge in [-0.1, -0.05) is 30.3 Å². The van der Waals surface area contributed by atoms with Gasteiger partial charge in [-0.2, -0.15) is 4.98 Å². The Morgan fingerprint density at radius 2 is 1.85 bits per heavy atom. The summed E-state index contributed by atoms with van der Waals surface area (Å²) in [6.07, 6.45) is 0. The summed E-state index contributed by atoms with van der Waals surface area (Å²) in [6, 6.07) is 12.1. The standard InChI is InChI=1S/C15H21N5/c1-16-14-11-13(12-7-5-4-6-8-12)18-15(19-14)17-9-10-20(2)3/h4-8,11H,9-10H2,1-3H3,(H2,16,17,18,19). The molecule has 5 nitrogen and oxygen atoms in total. The molecule has 0 saturated heterocycles. The highest BCUT2D eigenvalue weighted by atomic mass is 15.2. The lowest BCUT2D eigenvalue weighted by Crippen LogP contribution is -2.21. The Morgan fingerprint density at radius 3 is 2.50 bits per heavy atom. The topological polar surface area (TPSA) is 53.1 Å². The highest BCUT2D eigenvalue weighted by Crippen LogP contribution is 2.20. The highest BCUT2D eigenvalue weighted by molar-refractivity contribution is 5.64. The zero-order valence-corrected chi connectivity index (χ0v) is 12.2. The molecule has 0 atom stereocenters. The first-order chi connectivity index (χ1) is 9.69. The molecule has 1 heterocycles. The fourth-order valence-electron chi connectivity index (χ4n) is 1.80. The number of hydrogen-bond donors (Lipinski definition) is 2. The lowest BCUT2D eigenvalue weighted by atomic mass is 10.1. The molecule has 20 heavy (non-hydrogen) atoms. The molecule has 0 unspecified atom stereocenters. The van der Waals surface area contributed by atoms with E-state index >= 15 is 0 Å². The van der Waals surface area contributed by atoms with Gasteiger partial charge in [0, 0.05) is 31.8 Å². The molecule has 0 aliphatic carbocycles. The third kappa shape index (κ3) is 3.93. The molecule has 1 aromatic carbocycles. The molecule has 0 aliphatic heterocycles. The molecule has 5 heteroatoms. The van der Waals surface area contributed by atoms with Crippen molar-refractivity contribution < 1.29 is 0 Å². The van der Waals surface area contributed by atoms with Gasteiger partial charge in [-0.25, -0.2) is 4.98 Å². The van der Waals surface area contributed by atoms with Gasteiger partial charge in [0.1, 0.15) is 5.82 Å². The molecule has 106 valence electrons. The van der Waals surface area contributed by atoms with Gasteiger partial charge in [0.2, 0.25) is 5.95 Å². The van der Waals surface area contributed by atoms with Crippen LogP contribution >= 0.6 is 0 Å². The van der Waals surface area contributed by atoms with Crippen molar-refractivity contribution in [3.05, 3.63) is 36.4 Å². The van der Waals surface area contributed by atoms with Crippen molar-refractivity contribution in [3.63, 3.8) is 0 Å². The van der Waals surface area contributed by atoms with Crippen LogP contribution in [0.4, 0.5) is 11.8 Å². The lowest BCUT2D eigenvalue weighted by Gasteiger charge is -2.12. The van der Waals surface area contributed by atoms with Crippen LogP contribution in [0, 0.1) is 0 Å². The van der Waals surface area contributed by atoms with Gasteiger partial charge in [-0.3, -0.25) is 0 Å². The lowest BCUT2D eigenvalue weighted by molar-refractivity contribution is 0.425. The minimum atomic E-state index is 0.651. The van der Waals surface area contributed by atoms with Gasteiger partial charge < -0.3 is 15.5 Å². The molecular weight excluding hydrogens is 250 g/mol. The molecule has 0 aliphatic rings. The van der Waals surface area contributed by atoms with Crippen molar-refractivity contribution in [1.82, 2.24) is 14.9 Å². The maximum atomic E-state index is 4.57. The minimum Gasteiger partial charge on any atom is -0.373 e. The number of likely N-dealkylation sites (N-methyl/N-ethyl adjacent to an activating group) is 1. The van der Waals surface area contributed by atoms with E-state index in [9.17, 15) is 0 Å². The van der Waals surface area contributed by atoms with Crippen molar-refractivity contribution >= 4 is 11.8 Å². The van der Waals surface area contributed by atoms with E-state index in [1.165, 1.54) is 0 Å². The number of nitrogens with one attached hydrogen (secondary N) is 2. The molecule has 2 aromatic rings. The van der Waals surface area contributed by atoms with E-state index in [2.05, 4.69) is 25.5 Å². The van der Waals surface area contributed by atoms with Gasteiger partial charge in [0.05, 0.1) is 5.69 Å². The first-order valence-electron chi connectivity index (χ1n) is 6.70. The zero-order chi connectivity index (χ0) is 14.4. The van der Waals surface area contributed by atoms with Crippen LogP contribution in [0.25, 0.3) is 11.3 Å². The van der Waals surface area contributed by atoms with Gasteiger partial charge >= 0.3 is 0 Å². The molecule has 0 bridgehead atoms. The van der Waals surface area contributed by atoms with Crippen LogP contribution < -0.4 is 10.6 Å². The largest absolute Gasteiger partial charge is 0.373 e. The second kappa shape index (κ2) is 6.86. The monoisotopic (exact) mass is 271 g/mol. The molecule has 2 rings (SSSR count). The quantitative estimate of drug-likeness (QED) is 0.843. The Bertz CT molecular complexity index is 539. The van der Waals surface area contributed by atoms with Crippen LogP contribution in [0.5, 0.6) is 0 Å². The van der Waals surface area contributed by atoms with Gasteiger partial charge in [-0.05, 0) is 14.1 Å². The minimum absolute atomic E-state index is 0.651. The average Bonchev–Trinajstić information content (AvgIpc) is 2.47. The highest BCUT2D eigenvalue weighted by Gasteiger charge is 2.05. The van der Waals surface area contributed by atoms with Crippen LogP contribution in [0.1, 0.15) is 0 Å². The van der Waals surface area contributed by atoms with Crippen LogP contribution in [0.2, 0.25) is 0 Å². The van der Waals surface area contributed by atoms with E-state index in [0.29, 0.717) is 5.95 Å². The average molecular weight is 271 g/mol. The Kier molecular flexibility index (Phi) is 4.90. The summed E-state index contributed by atoms with van der Waals surface area (Å²) in [7, 11) is 5.95. The van der Waals surface area contributed by atoms with Gasteiger partial charge in [0.25, 0.3) is 0 Å². The molecule has 0 spiro atoms. The van der Waals surface area contributed by atoms with Crippen molar-refractivity contribution in [3.8, 4) is 11.3 Å². The normalized spacial score (nSPS) is 10.6. The fourth-order valence-corrected chi connectivity index (χ4v) is 1.80. The van der Waals surface area contributed by atoms with Gasteiger partial charge in [0.15, 0.2) is 0 Å². The van der Waals surface area contributed by atoms with Crippen LogP contribution in [0.15, 0.2) is 36.4 Å². The predicted octanol–water partition coefficient (Wildman–Crippen LogP) is 2.16. The van der Waals surface area contributed by atoms with Crippen LogP contribution in [-0.2, 0) is 0 Å². The van der Waals surface area contributed by atoms with E-state index in [4.69, 9.17) is 0 Å². The summed E-state index contributed by atoms with van der Waals surface area (Å²) in [5.74, 6) is 1.46. The number of hydrogen-bond acceptors (Lipinski definition) is 5. The maximum Gasteiger partial charge on any atom is 0.225 e. The maximum absolute atomic E-state index is 4.57. The smallest absolute Gasteiger partial charge is 0.225 e. The first kappa shape index (κ1) is 14.3. The van der Waals surface area contributed by atoms with Crippen molar-refractivity contribution in [2.24, 2.45) is 0 Å². The molecule has 2 N–H and O–H groups in total. The summed E-state index contributed by atoms with van der Waals surface area (Å²) in [5.41, 5.74) is 2.00. The summed E-state index contributed by atoms with van der Waals surface area (Å²) in [6.45, 7) is 1.75. The number of rotatable bonds is 6. The van der Waals surface area contributed by atoms with Crippen LogP contribution in [-0.4, -0.2) is 49.1 Å². The third-order valence-electron chi connectivity index (χ3n) is 2.89. The fraction of sp³-hybridized carbons (Fsp3) is 0.333. The van der Waals surface area contributed by atoms with Gasteiger partial charge in [-0.15, -0.1) is 0 Å². The van der Waals surface area contributed by atoms with E-state index < -0.39 is 0 Å². The summed E-state index contributed by atoms with van der Waals surface area (Å²) < 4.78 is 0. The SMILES string of the molecule is CNc1cc(-c2ccccc2)nc(NCCN(C)C)n1.